The third-order valence-corrected chi connectivity index (χ3v) is 8.80. The van der Waals surface area contributed by atoms with Crippen LogP contribution in [-0.4, -0.2) is 81.5 Å². The van der Waals surface area contributed by atoms with Gasteiger partial charge in [-0.25, -0.2) is 14.3 Å². The van der Waals surface area contributed by atoms with E-state index in [1.165, 1.54) is 0 Å². The van der Waals surface area contributed by atoms with Crippen molar-refractivity contribution in [3.63, 3.8) is 0 Å². The van der Waals surface area contributed by atoms with Crippen molar-refractivity contribution in [1.29, 1.82) is 0 Å². The van der Waals surface area contributed by atoms with Crippen LogP contribution >= 0.6 is 0 Å². The number of allylic oxidation sites excluding steroid dienone is 2. The van der Waals surface area contributed by atoms with E-state index in [-0.39, 0.29) is 18.1 Å². The summed E-state index contributed by atoms with van der Waals surface area (Å²) < 4.78 is 9.18. The Morgan fingerprint density at radius 2 is 1.78 bits per heavy atom. The minimum Gasteiger partial charge on any atom is -0.482 e. The number of pyridine rings is 1. The van der Waals surface area contributed by atoms with E-state index >= 15 is 0 Å². The van der Waals surface area contributed by atoms with Gasteiger partial charge in [-0.1, -0.05) is 18.2 Å². The summed E-state index contributed by atoms with van der Waals surface area (Å²) in [5, 5.41) is 4.78. The van der Waals surface area contributed by atoms with Crippen molar-refractivity contribution in [3.8, 4) is 11.4 Å². The van der Waals surface area contributed by atoms with Gasteiger partial charge in [-0.05, 0) is 56.3 Å². The van der Waals surface area contributed by atoms with Gasteiger partial charge in [-0.2, -0.15) is 4.98 Å². The van der Waals surface area contributed by atoms with Crippen molar-refractivity contribution in [2.45, 2.75) is 19.4 Å². The van der Waals surface area contributed by atoms with Gasteiger partial charge in [-0.15, -0.1) is 0 Å². The van der Waals surface area contributed by atoms with Crippen molar-refractivity contribution >= 4 is 50.9 Å². The van der Waals surface area contributed by atoms with Gasteiger partial charge in [0, 0.05) is 50.0 Å². The molecule has 1 saturated heterocycles. The number of ether oxygens (including phenoxy) is 1. The monoisotopic (exact) mass is 603 g/mol. The second kappa shape index (κ2) is 11.0. The van der Waals surface area contributed by atoms with Crippen LogP contribution in [0.1, 0.15) is 12.8 Å². The van der Waals surface area contributed by atoms with Crippen LogP contribution in [0.2, 0.25) is 0 Å². The minimum atomic E-state index is -0.189. The number of likely N-dealkylation sites (N-methyl/N-ethyl adjacent to an activating group) is 1. The van der Waals surface area contributed by atoms with Crippen molar-refractivity contribution in [3.05, 3.63) is 77.4 Å². The maximum Gasteiger partial charge on any atom is 0.278 e. The number of aromatic nitrogens is 5. The van der Waals surface area contributed by atoms with Crippen LogP contribution in [0.25, 0.3) is 27.6 Å². The Hall–Kier alpha value is -5.23. The lowest BCUT2D eigenvalue weighted by atomic mass is 10.1. The molecule has 12 nitrogen and oxygen atoms in total. The van der Waals surface area contributed by atoms with Gasteiger partial charge in [0.2, 0.25) is 5.95 Å². The van der Waals surface area contributed by atoms with E-state index < -0.39 is 0 Å². The van der Waals surface area contributed by atoms with Crippen LogP contribution in [-0.2, 0) is 11.3 Å². The second-order valence-corrected chi connectivity index (χ2v) is 11.7. The van der Waals surface area contributed by atoms with Crippen LogP contribution in [0.3, 0.4) is 0 Å². The number of carbonyl (C=O) groups is 1. The van der Waals surface area contributed by atoms with Crippen molar-refractivity contribution in [2.75, 3.05) is 61.5 Å². The molecule has 0 saturated carbocycles. The predicted molar refractivity (Wildman–Crippen MR) is 174 cm³/mol. The first-order chi connectivity index (χ1) is 22.0. The summed E-state index contributed by atoms with van der Waals surface area (Å²) in [7, 11) is 2.15. The lowest BCUT2D eigenvalue weighted by Gasteiger charge is -2.33. The van der Waals surface area contributed by atoms with Gasteiger partial charge < -0.3 is 24.8 Å². The molecule has 3 aromatic heterocycles. The first-order valence-electron chi connectivity index (χ1n) is 15.3. The Labute approximate surface area is 259 Å². The Morgan fingerprint density at radius 1 is 0.889 bits per heavy atom. The van der Waals surface area contributed by atoms with Gasteiger partial charge in [0.05, 0.1) is 35.3 Å². The number of rotatable bonds is 3. The summed E-state index contributed by atoms with van der Waals surface area (Å²) in [4.78, 5) is 47.0. The van der Waals surface area contributed by atoms with E-state index in [1.54, 1.807) is 20.5 Å². The number of anilines is 4. The summed E-state index contributed by atoms with van der Waals surface area (Å²) in [6.07, 6.45) is 9.15. The lowest BCUT2D eigenvalue weighted by molar-refractivity contribution is -0.121. The molecule has 0 unspecified atom stereocenters. The zero-order valence-corrected chi connectivity index (χ0v) is 25.0. The Morgan fingerprint density at radius 3 is 2.67 bits per heavy atom. The smallest absolute Gasteiger partial charge is 0.278 e. The molecule has 5 aromatic rings. The molecule has 3 aliphatic heterocycles. The average Bonchev–Trinajstić information content (AvgIpc) is 3.33. The van der Waals surface area contributed by atoms with Gasteiger partial charge >= 0.3 is 0 Å². The Bertz CT molecular complexity index is 2040. The molecular weight excluding hydrogens is 570 g/mol. The van der Waals surface area contributed by atoms with Gasteiger partial charge in [0.25, 0.3) is 11.5 Å². The Kier molecular flexibility index (Phi) is 6.71. The van der Waals surface area contributed by atoms with E-state index in [1.807, 2.05) is 48.7 Å². The fourth-order valence-corrected chi connectivity index (χ4v) is 6.30. The van der Waals surface area contributed by atoms with Crippen LogP contribution in [0.5, 0.6) is 5.75 Å². The van der Waals surface area contributed by atoms with Crippen molar-refractivity contribution in [2.24, 2.45) is 0 Å². The highest BCUT2D eigenvalue weighted by Crippen LogP contribution is 2.35. The average molecular weight is 604 g/mol. The molecule has 2 bridgehead atoms. The third-order valence-electron chi connectivity index (χ3n) is 8.80. The topological polar surface area (TPSA) is 114 Å². The summed E-state index contributed by atoms with van der Waals surface area (Å²) in [5.74, 6) is 0.926. The number of fused-ring (bicyclic) bond motifs is 6. The van der Waals surface area contributed by atoms with Crippen LogP contribution in [0.4, 0.5) is 23.0 Å². The molecule has 3 aliphatic rings. The van der Waals surface area contributed by atoms with E-state index in [9.17, 15) is 9.59 Å². The Balaban J connectivity index is 1.16. The largest absolute Gasteiger partial charge is 0.482 e. The summed E-state index contributed by atoms with van der Waals surface area (Å²) in [6.45, 7) is 5.04. The highest BCUT2D eigenvalue weighted by molar-refractivity contribution is 5.98. The predicted octanol–water partition coefficient (Wildman–Crippen LogP) is 3.70. The first kappa shape index (κ1) is 27.3. The maximum atomic E-state index is 13.6. The normalized spacial score (nSPS) is 17.1. The fourth-order valence-electron chi connectivity index (χ4n) is 6.30. The molecule has 45 heavy (non-hydrogen) atoms. The number of hydrogen-bond donors (Lipinski definition) is 1. The van der Waals surface area contributed by atoms with Crippen molar-refractivity contribution < 1.29 is 9.53 Å². The van der Waals surface area contributed by atoms with E-state index in [0.717, 1.165) is 61.3 Å². The number of piperazine rings is 1. The standard InChI is InChI=1S/C33H33N9O3/c1-38-12-14-39(15-13-38)25-16-22-6-7-23(17-27(22)34-19-25)36-33-35-20-26-31(37-33)42-24-8-9-29-28(18-24)40(30(43)21-45-29)10-4-2-3-5-11-41(42)32(26)44/h3,5-9,16-20H,2,4,10-15,21H2,1H3,(H,35,36,37). The molecule has 8 rings (SSSR count). The molecule has 1 amide bonds. The van der Waals surface area contributed by atoms with Crippen LogP contribution in [0.15, 0.2) is 71.8 Å². The van der Waals surface area contributed by atoms with Crippen molar-refractivity contribution in [1.82, 2.24) is 29.2 Å². The third kappa shape index (κ3) is 4.96. The van der Waals surface area contributed by atoms with E-state index in [4.69, 9.17) is 14.7 Å². The molecule has 0 spiro atoms. The summed E-state index contributed by atoms with van der Waals surface area (Å²) >= 11 is 0. The zero-order valence-electron chi connectivity index (χ0n) is 25.0. The van der Waals surface area contributed by atoms with E-state index in [0.29, 0.717) is 47.2 Å². The molecule has 0 radical (unpaired) electrons. The number of benzene rings is 2. The summed E-state index contributed by atoms with van der Waals surface area (Å²) in [5.41, 5.74) is 4.47. The quantitative estimate of drug-likeness (QED) is 0.309. The minimum absolute atomic E-state index is 0.0172. The number of carbonyl (C=O) groups excluding carboxylic acids is 1. The number of nitrogens with one attached hydrogen (secondary N) is 1. The SMILES string of the molecule is CN1CCN(c2cnc3cc(Nc4ncc5c(=O)n6n(c5n4)-c4ccc5c(c4)N(CCCC=CC6)C(=O)CO5)ccc3c2)CC1. The number of nitrogens with zero attached hydrogens (tertiary/aromatic N) is 8. The zero-order chi connectivity index (χ0) is 30.5. The molecule has 228 valence electrons. The van der Waals surface area contributed by atoms with Crippen LogP contribution < -0.4 is 25.4 Å². The molecule has 0 atom stereocenters. The van der Waals surface area contributed by atoms with Gasteiger partial charge in [0.1, 0.15) is 11.1 Å². The fraction of sp³-hybridized carbons (Fsp3) is 0.303. The second-order valence-electron chi connectivity index (χ2n) is 11.7. The van der Waals surface area contributed by atoms with Gasteiger partial charge in [-0.3, -0.25) is 14.6 Å². The molecule has 6 heterocycles. The number of amides is 1. The van der Waals surface area contributed by atoms with Gasteiger partial charge in [0.15, 0.2) is 12.3 Å². The number of hydrogen-bond acceptors (Lipinski definition) is 9. The molecular formula is C33H33N9O3. The maximum absolute atomic E-state index is 13.6. The molecule has 1 fully saturated rings. The summed E-state index contributed by atoms with van der Waals surface area (Å²) in [6, 6.07) is 13.8. The van der Waals surface area contributed by atoms with Crippen LogP contribution in [0, 0.1) is 0 Å². The highest BCUT2D eigenvalue weighted by Gasteiger charge is 2.27. The molecule has 2 aromatic carbocycles. The molecule has 0 aliphatic carbocycles. The van der Waals surface area contributed by atoms with E-state index in [2.05, 4.69) is 39.3 Å². The first-order valence-corrected chi connectivity index (χ1v) is 15.3. The molecule has 12 heteroatoms. The lowest BCUT2D eigenvalue weighted by Crippen LogP contribution is -2.44. The molecule has 1 N–H and O–H groups in total. The highest BCUT2D eigenvalue weighted by atomic mass is 16.5.